The largest absolute Gasteiger partial charge is 0.345 e. The topological polar surface area (TPSA) is 63.8 Å². The van der Waals surface area contributed by atoms with Crippen LogP contribution in [0.25, 0.3) is 44.5 Å². The molecule has 4 aliphatic rings. The minimum absolute atomic E-state index is 0.0143. The average molecular weight is 568 g/mol. The molecule has 43 heavy (non-hydrogen) atoms. The van der Waals surface area contributed by atoms with Gasteiger partial charge in [0, 0.05) is 16.7 Å². The number of imidazole rings is 2. The number of alkyl halides is 2. The summed E-state index contributed by atoms with van der Waals surface area (Å²) in [5, 5.41) is 0. The number of fused-ring (bicyclic) bond motifs is 6. The fraction of sp³-hybridized carbons (Fsp3) is 0.333. The van der Waals surface area contributed by atoms with E-state index in [1.807, 2.05) is 41.2 Å². The number of benzene rings is 3. The Balaban J connectivity index is 1.03. The van der Waals surface area contributed by atoms with Crippen molar-refractivity contribution in [2.24, 2.45) is 5.92 Å². The van der Waals surface area contributed by atoms with E-state index >= 15 is 8.78 Å². The molecule has 4 heterocycles. The molecule has 2 N–H and O–H groups in total. The summed E-state index contributed by atoms with van der Waals surface area (Å²) in [6.07, 6.45) is 7.08. The highest BCUT2D eigenvalue weighted by atomic mass is 19.3. The van der Waals surface area contributed by atoms with Gasteiger partial charge in [-0.05, 0) is 97.1 Å². The van der Waals surface area contributed by atoms with Crippen LogP contribution in [0.15, 0.2) is 60.8 Å². The Morgan fingerprint density at radius 3 is 2.33 bits per heavy atom. The average Bonchev–Trinajstić information content (AvgIpc) is 3.85. The Bertz CT molecular complexity index is 1910. The van der Waals surface area contributed by atoms with Crippen molar-refractivity contribution in [3.05, 3.63) is 83.6 Å². The molecule has 2 saturated heterocycles. The van der Waals surface area contributed by atoms with Gasteiger partial charge in [0.05, 0.1) is 35.0 Å². The first-order valence-electron chi connectivity index (χ1n) is 15.1. The molecule has 6 nitrogen and oxygen atoms in total. The zero-order chi connectivity index (χ0) is 29.0. The van der Waals surface area contributed by atoms with Gasteiger partial charge in [0.1, 0.15) is 11.6 Å². The van der Waals surface area contributed by atoms with E-state index in [0.717, 1.165) is 66.0 Å². The molecule has 0 spiro atoms. The first kappa shape index (κ1) is 25.7. The van der Waals surface area contributed by atoms with E-state index in [4.69, 9.17) is 20.9 Å². The molecule has 2 aromatic heterocycles. The molecule has 2 bridgehead atoms. The fourth-order valence-electron chi connectivity index (χ4n) is 8.04. The van der Waals surface area contributed by atoms with Gasteiger partial charge in [-0.15, -0.1) is 0 Å². The maximum atomic E-state index is 16.1. The number of aromatic nitrogens is 4. The maximum Gasteiger partial charge on any atom is 0.299 e. The zero-order valence-corrected chi connectivity index (χ0v) is 23.5. The van der Waals surface area contributed by atoms with E-state index < -0.39 is 5.92 Å². The fourth-order valence-corrected chi connectivity index (χ4v) is 8.04. The van der Waals surface area contributed by atoms with Crippen LogP contribution in [0.4, 0.5) is 8.78 Å². The van der Waals surface area contributed by atoms with E-state index in [2.05, 4.69) is 15.0 Å². The number of halogens is 2. The van der Waals surface area contributed by atoms with Crippen molar-refractivity contribution in [3.8, 4) is 33.5 Å². The summed E-state index contributed by atoms with van der Waals surface area (Å²) in [6, 6.07) is 17.1. The van der Waals surface area contributed by atoms with Crippen LogP contribution in [0.5, 0.6) is 0 Å². The molecule has 0 unspecified atom stereocenters. The maximum absolute atomic E-state index is 16.1. The smallest absolute Gasteiger partial charge is 0.299 e. The standard InChI is InChI=1S/C33H28B2F2N6/c34-42-11-1-2-29(42)31-38-16-28(41-31)19-5-9-23-22-8-4-17(13-24(22)33(36,37)25(23)14-19)18-6-10-26-27(15-18)40-32(39-26)30-20-3-7-21(12-20)43(30)35/h4-6,8-10,13-16,20-21,29-30H,1-3,7,11-12H2,(H,38,41)(H,39,40)/t20-,21+,29-,30-/m0/s1. The number of nitrogens with zero attached hydrogens (tertiary/aromatic N) is 4. The van der Waals surface area contributed by atoms with Gasteiger partial charge in [-0.3, -0.25) is 0 Å². The van der Waals surface area contributed by atoms with Gasteiger partial charge in [-0.2, -0.15) is 8.78 Å². The van der Waals surface area contributed by atoms with Gasteiger partial charge < -0.3 is 19.6 Å². The van der Waals surface area contributed by atoms with E-state index in [1.54, 1.807) is 29.2 Å². The second-order valence-corrected chi connectivity index (χ2v) is 12.6. The molecule has 0 amide bonds. The molecule has 5 aromatic rings. The Morgan fingerprint density at radius 1 is 0.837 bits per heavy atom. The van der Waals surface area contributed by atoms with Gasteiger partial charge in [0.25, 0.3) is 5.92 Å². The number of H-pyrrole nitrogens is 2. The molecule has 1 saturated carbocycles. The molecule has 210 valence electrons. The number of hydrogen-bond donors (Lipinski definition) is 2. The molecule has 4 radical (unpaired) electrons. The highest BCUT2D eigenvalue weighted by molar-refractivity contribution is 6.05. The predicted molar refractivity (Wildman–Crippen MR) is 163 cm³/mol. The lowest BCUT2D eigenvalue weighted by Crippen LogP contribution is -2.33. The second kappa shape index (κ2) is 9.13. The number of rotatable bonds is 4. The summed E-state index contributed by atoms with van der Waals surface area (Å²) in [6.45, 7) is 0.817. The molecular formula is C33H28B2F2N6. The summed E-state index contributed by atoms with van der Waals surface area (Å²) in [5.74, 6) is -0.944. The van der Waals surface area contributed by atoms with Crippen LogP contribution in [-0.2, 0) is 5.92 Å². The second-order valence-electron chi connectivity index (χ2n) is 12.6. The van der Waals surface area contributed by atoms with Gasteiger partial charge >= 0.3 is 0 Å². The Labute approximate surface area is 250 Å². The lowest BCUT2D eigenvalue weighted by molar-refractivity contribution is 0.0481. The van der Waals surface area contributed by atoms with Crippen LogP contribution >= 0.6 is 0 Å². The van der Waals surface area contributed by atoms with Crippen molar-refractivity contribution >= 4 is 27.0 Å². The molecule has 3 fully saturated rings. The summed E-state index contributed by atoms with van der Waals surface area (Å²) < 4.78 is 32.2. The molecular weight excluding hydrogens is 540 g/mol. The highest BCUT2D eigenvalue weighted by Crippen LogP contribution is 2.53. The normalized spacial score (nSPS) is 26.0. The molecule has 2 aliphatic carbocycles. The van der Waals surface area contributed by atoms with Crippen LogP contribution in [0.3, 0.4) is 0 Å². The predicted octanol–water partition coefficient (Wildman–Crippen LogP) is 6.57. The van der Waals surface area contributed by atoms with Crippen molar-refractivity contribution in [1.82, 2.24) is 29.6 Å². The van der Waals surface area contributed by atoms with Crippen LogP contribution < -0.4 is 0 Å². The first-order chi connectivity index (χ1) is 20.8. The van der Waals surface area contributed by atoms with Crippen LogP contribution in [0.2, 0.25) is 0 Å². The van der Waals surface area contributed by atoms with E-state index in [-0.39, 0.29) is 23.2 Å². The summed E-state index contributed by atoms with van der Waals surface area (Å²) in [7, 11) is 12.5. The third-order valence-corrected chi connectivity index (χ3v) is 10.3. The van der Waals surface area contributed by atoms with Crippen LogP contribution in [-0.4, -0.2) is 58.1 Å². The molecule has 3 aromatic carbocycles. The van der Waals surface area contributed by atoms with Crippen molar-refractivity contribution in [2.75, 3.05) is 6.54 Å². The zero-order valence-electron chi connectivity index (χ0n) is 23.5. The van der Waals surface area contributed by atoms with Gasteiger partial charge in [-0.1, -0.05) is 30.3 Å². The third kappa shape index (κ3) is 3.78. The van der Waals surface area contributed by atoms with Crippen molar-refractivity contribution < 1.29 is 8.78 Å². The molecule has 2 aliphatic heterocycles. The van der Waals surface area contributed by atoms with Crippen molar-refractivity contribution in [3.63, 3.8) is 0 Å². The van der Waals surface area contributed by atoms with E-state index in [9.17, 15) is 0 Å². The Morgan fingerprint density at radius 2 is 1.58 bits per heavy atom. The number of piperidine rings is 1. The Hall–Kier alpha value is -3.75. The van der Waals surface area contributed by atoms with Crippen molar-refractivity contribution in [1.29, 1.82) is 0 Å². The monoisotopic (exact) mass is 568 g/mol. The van der Waals surface area contributed by atoms with Crippen LogP contribution in [0, 0.1) is 5.92 Å². The van der Waals surface area contributed by atoms with Gasteiger partial charge in [0.15, 0.2) is 16.0 Å². The van der Waals surface area contributed by atoms with Gasteiger partial charge in [0.2, 0.25) is 0 Å². The van der Waals surface area contributed by atoms with Gasteiger partial charge in [-0.25, -0.2) is 9.97 Å². The highest BCUT2D eigenvalue weighted by Gasteiger charge is 2.46. The van der Waals surface area contributed by atoms with Crippen LogP contribution in [0.1, 0.15) is 67.0 Å². The van der Waals surface area contributed by atoms with E-state index in [0.29, 0.717) is 34.3 Å². The number of hydrogen-bond acceptors (Lipinski definition) is 4. The lowest BCUT2D eigenvalue weighted by atomic mass is 9.96. The lowest BCUT2D eigenvalue weighted by Gasteiger charge is -2.31. The number of nitrogens with one attached hydrogen (secondary N) is 2. The summed E-state index contributed by atoms with van der Waals surface area (Å²) in [4.78, 5) is 19.9. The molecule has 9 rings (SSSR count). The first-order valence-corrected chi connectivity index (χ1v) is 15.1. The minimum atomic E-state index is -3.13. The summed E-state index contributed by atoms with van der Waals surface area (Å²) in [5.41, 5.74) is 5.90. The molecule has 10 heteroatoms. The van der Waals surface area contributed by atoms with Crippen molar-refractivity contribution in [2.45, 2.75) is 56.2 Å². The quantitative estimate of drug-likeness (QED) is 0.241. The third-order valence-electron chi connectivity index (χ3n) is 10.3. The summed E-state index contributed by atoms with van der Waals surface area (Å²) >= 11 is 0. The Kier molecular flexibility index (Phi) is 5.46. The SMILES string of the molecule is [B]N1CCC[C@H]1c1ncc(-c2ccc3c(c2)C(F)(F)c2cc(-c4ccc5nc([C@@H]6[C@H]7CC[C@H](C7)N6[B])[nH]c5c4)ccc2-3)[nH]1. The van der Waals surface area contributed by atoms with E-state index in [1.165, 1.54) is 6.42 Å². The minimum Gasteiger partial charge on any atom is -0.345 e. The molecule has 4 atom stereocenters. The number of aromatic amines is 2.